The highest BCUT2D eigenvalue weighted by Crippen LogP contribution is 2.29. The summed E-state index contributed by atoms with van der Waals surface area (Å²) in [5, 5.41) is 3.40. The van der Waals surface area contributed by atoms with Gasteiger partial charge in [0.05, 0.1) is 7.11 Å². The van der Waals surface area contributed by atoms with Crippen molar-refractivity contribution in [1.82, 2.24) is 4.90 Å². The average molecular weight is 367 g/mol. The number of anilines is 1. The zero-order valence-corrected chi connectivity index (χ0v) is 15.5. The third kappa shape index (κ3) is 5.84. The first kappa shape index (κ1) is 24.2. The van der Waals surface area contributed by atoms with E-state index in [-0.39, 0.29) is 36.3 Å². The normalized spacial score (nSPS) is 16.3. The molecule has 3 N–H and O–H groups in total. The predicted molar refractivity (Wildman–Crippen MR) is 98.9 cm³/mol. The lowest BCUT2D eigenvalue weighted by Crippen LogP contribution is -2.56. The number of carbonyl (C=O) groups excluding carboxylic acids is 1. The van der Waals surface area contributed by atoms with Gasteiger partial charge in [-0.05, 0) is 38.8 Å². The number of methoxy groups -OCH3 is 1. The van der Waals surface area contributed by atoms with Crippen molar-refractivity contribution in [2.24, 2.45) is 0 Å². The van der Waals surface area contributed by atoms with E-state index in [0.29, 0.717) is 6.04 Å². The molecular weight excluding hydrogens is 339 g/mol. The number of likely N-dealkylation sites (tertiary alicyclic amines) is 1. The van der Waals surface area contributed by atoms with Crippen molar-refractivity contribution in [3.05, 3.63) is 30.3 Å². The molecule has 1 aromatic rings. The highest BCUT2D eigenvalue weighted by Gasteiger charge is 2.42. The van der Waals surface area contributed by atoms with E-state index in [4.69, 9.17) is 4.74 Å². The maximum atomic E-state index is 12.3. The van der Waals surface area contributed by atoms with Crippen molar-refractivity contribution in [2.45, 2.75) is 38.3 Å². The van der Waals surface area contributed by atoms with Crippen LogP contribution in [0.25, 0.3) is 0 Å². The molecule has 23 heavy (non-hydrogen) atoms. The molecule has 134 valence electrons. The maximum absolute atomic E-state index is 12.3. The fourth-order valence-corrected chi connectivity index (χ4v) is 2.80. The molecule has 2 rings (SSSR count). The van der Waals surface area contributed by atoms with E-state index < -0.39 is 5.54 Å². The lowest BCUT2D eigenvalue weighted by Gasteiger charge is -2.42. The van der Waals surface area contributed by atoms with E-state index in [1.54, 1.807) is 0 Å². The Morgan fingerprint density at radius 2 is 1.70 bits per heavy atom. The van der Waals surface area contributed by atoms with Gasteiger partial charge in [0.15, 0.2) is 0 Å². The van der Waals surface area contributed by atoms with Gasteiger partial charge >= 0.3 is 5.97 Å². The van der Waals surface area contributed by atoms with Gasteiger partial charge in [-0.25, -0.2) is 4.79 Å². The van der Waals surface area contributed by atoms with Gasteiger partial charge in [-0.15, -0.1) is 24.8 Å². The molecule has 1 fully saturated rings. The van der Waals surface area contributed by atoms with Gasteiger partial charge in [-0.3, -0.25) is 0 Å². The lowest BCUT2D eigenvalue weighted by atomic mass is 9.86. The molecule has 1 aliphatic rings. The minimum Gasteiger partial charge on any atom is -0.467 e. The fraction of sp³-hybridized carbons (Fsp3) is 0.562. The monoisotopic (exact) mass is 366 g/mol. The van der Waals surface area contributed by atoms with Crippen LogP contribution in [0.2, 0.25) is 0 Å². The number of para-hydroxylation sites is 1. The number of ether oxygens (including phenoxy) is 1. The minimum atomic E-state index is -0.596. The summed E-state index contributed by atoms with van der Waals surface area (Å²) in [7, 11) is 1.46. The molecule has 0 aliphatic carbocycles. The zero-order valence-electron chi connectivity index (χ0n) is 13.9. The van der Waals surface area contributed by atoms with Crippen LogP contribution < -0.4 is 5.32 Å². The summed E-state index contributed by atoms with van der Waals surface area (Å²) >= 11 is 0. The van der Waals surface area contributed by atoms with Gasteiger partial charge in [0.25, 0.3) is 0 Å². The fourth-order valence-electron chi connectivity index (χ4n) is 2.80. The highest BCUT2D eigenvalue weighted by molar-refractivity contribution is 5.86. The first-order chi connectivity index (χ1) is 9.57. The Hall–Kier alpha value is -1.01. The molecule has 0 aromatic heterocycles. The SMILES string of the molecule is COC(=O)C1(Nc2ccccc2)CCN(C(C)C)CC1.Cl.Cl.O. The Kier molecular flexibility index (Phi) is 11.3. The predicted octanol–water partition coefficient (Wildman–Crippen LogP) is 2.53. The van der Waals surface area contributed by atoms with Crippen LogP contribution in [-0.4, -0.2) is 48.1 Å². The third-order valence-electron chi connectivity index (χ3n) is 4.12. The van der Waals surface area contributed by atoms with Gasteiger partial charge in [-0.2, -0.15) is 0 Å². The van der Waals surface area contributed by atoms with E-state index in [2.05, 4.69) is 24.1 Å². The summed E-state index contributed by atoms with van der Waals surface area (Å²) < 4.78 is 5.04. The zero-order chi connectivity index (χ0) is 14.6. The first-order valence-corrected chi connectivity index (χ1v) is 7.23. The van der Waals surface area contributed by atoms with Crippen molar-refractivity contribution >= 4 is 36.5 Å². The average Bonchev–Trinajstić information content (AvgIpc) is 2.48. The quantitative estimate of drug-likeness (QED) is 0.830. The summed E-state index contributed by atoms with van der Waals surface area (Å²) in [5.41, 5.74) is 0.373. The lowest BCUT2D eigenvalue weighted by molar-refractivity contribution is -0.148. The van der Waals surface area contributed by atoms with Crippen LogP contribution in [0.3, 0.4) is 0 Å². The van der Waals surface area contributed by atoms with Crippen molar-refractivity contribution in [3.63, 3.8) is 0 Å². The number of nitrogens with one attached hydrogen (secondary N) is 1. The van der Waals surface area contributed by atoms with Crippen LogP contribution in [-0.2, 0) is 9.53 Å². The summed E-state index contributed by atoms with van der Waals surface area (Å²) in [6.07, 6.45) is 1.54. The van der Waals surface area contributed by atoms with Crippen LogP contribution in [0.5, 0.6) is 0 Å². The number of hydrogen-bond donors (Lipinski definition) is 1. The molecule has 1 heterocycles. The van der Waals surface area contributed by atoms with Crippen molar-refractivity contribution in [1.29, 1.82) is 0 Å². The number of rotatable bonds is 4. The van der Waals surface area contributed by atoms with Crippen LogP contribution >= 0.6 is 24.8 Å². The third-order valence-corrected chi connectivity index (χ3v) is 4.12. The molecule has 1 aromatic carbocycles. The Labute approximate surface area is 150 Å². The summed E-state index contributed by atoms with van der Waals surface area (Å²) in [4.78, 5) is 14.7. The van der Waals surface area contributed by atoms with E-state index >= 15 is 0 Å². The van der Waals surface area contributed by atoms with E-state index in [9.17, 15) is 4.79 Å². The molecule has 0 saturated carbocycles. The van der Waals surface area contributed by atoms with E-state index in [1.165, 1.54) is 7.11 Å². The Balaban J connectivity index is 0. The number of nitrogens with zero attached hydrogens (tertiary/aromatic N) is 1. The van der Waals surface area contributed by atoms with Crippen LogP contribution in [0.4, 0.5) is 5.69 Å². The molecule has 5 nitrogen and oxygen atoms in total. The maximum Gasteiger partial charge on any atom is 0.331 e. The number of benzene rings is 1. The number of carbonyl (C=O) groups is 1. The smallest absolute Gasteiger partial charge is 0.331 e. The molecule has 7 heteroatoms. The van der Waals surface area contributed by atoms with Gasteiger partial charge in [0.1, 0.15) is 5.54 Å². The van der Waals surface area contributed by atoms with E-state index in [1.807, 2.05) is 30.3 Å². The Morgan fingerprint density at radius 1 is 1.17 bits per heavy atom. The summed E-state index contributed by atoms with van der Waals surface area (Å²) in [5.74, 6) is -0.162. The second kappa shape index (κ2) is 10.7. The van der Waals surface area contributed by atoms with Gasteiger partial charge in [0.2, 0.25) is 0 Å². The number of hydrogen-bond acceptors (Lipinski definition) is 4. The largest absolute Gasteiger partial charge is 0.467 e. The van der Waals surface area contributed by atoms with Crippen molar-refractivity contribution < 1.29 is 15.0 Å². The molecule has 0 unspecified atom stereocenters. The molecular formula is C16H28Cl2N2O3. The second-order valence-electron chi connectivity index (χ2n) is 5.69. The van der Waals surface area contributed by atoms with E-state index in [0.717, 1.165) is 31.6 Å². The van der Waals surface area contributed by atoms with Gasteiger partial charge in [-0.1, -0.05) is 18.2 Å². The second-order valence-corrected chi connectivity index (χ2v) is 5.69. The molecule has 0 radical (unpaired) electrons. The topological polar surface area (TPSA) is 73.1 Å². The highest BCUT2D eigenvalue weighted by atomic mass is 35.5. The number of esters is 1. The molecule has 0 atom stereocenters. The molecule has 1 aliphatic heterocycles. The molecule has 0 bridgehead atoms. The molecule has 1 saturated heterocycles. The Bertz CT molecular complexity index is 450. The molecule has 0 spiro atoms. The number of piperidine rings is 1. The van der Waals surface area contributed by atoms with Crippen LogP contribution in [0.15, 0.2) is 30.3 Å². The van der Waals surface area contributed by atoms with Crippen molar-refractivity contribution in [2.75, 3.05) is 25.5 Å². The standard InChI is InChI=1S/C16H24N2O2.2ClH.H2O/c1-13(2)18-11-9-16(10-12-18,15(19)20-3)17-14-7-5-4-6-8-14;;;/h4-8,13,17H,9-12H2,1-3H3;2*1H;1H2. The Morgan fingerprint density at radius 3 is 2.13 bits per heavy atom. The summed E-state index contributed by atoms with van der Waals surface area (Å²) in [6.45, 7) is 6.20. The molecule has 0 amide bonds. The minimum absolute atomic E-state index is 0. The van der Waals surface area contributed by atoms with Crippen molar-refractivity contribution in [3.8, 4) is 0 Å². The van der Waals surface area contributed by atoms with Gasteiger partial charge < -0.3 is 20.4 Å². The van der Waals surface area contributed by atoms with Crippen LogP contribution in [0.1, 0.15) is 26.7 Å². The number of halogens is 2. The van der Waals surface area contributed by atoms with Crippen LogP contribution in [0, 0.1) is 0 Å². The first-order valence-electron chi connectivity index (χ1n) is 7.23. The van der Waals surface area contributed by atoms with Gasteiger partial charge in [0, 0.05) is 24.8 Å². The summed E-state index contributed by atoms with van der Waals surface area (Å²) in [6, 6.07) is 10.4.